The molecule has 1 heterocycles. The number of furan rings is 1. The molecule has 0 saturated heterocycles. The van der Waals surface area contributed by atoms with Gasteiger partial charge in [-0.05, 0) is 17.0 Å². The Kier molecular flexibility index (Phi) is 5.79. The molecule has 1 N–H and O–H groups in total. The predicted molar refractivity (Wildman–Crippen MR) is 132 cm³/mol. The van der Waals surface area contributed by atoms with Crippen LogP contribution in [0.25, 0.3) is 33.2 Å². The monoisotopic (exact) mass is 444 g/mol. The van der Waals surface area contributed by atoms with Gasteiger partial charge in [-0.15, -0.1) is 0 Å². The first-order valence-electron chi connectivity index (χ1n) is 10.8. The van der Waals surface area contributed by atoms with Crippen molar-refractivity contribution in [3.63, 3.8) is 0 Å². The summed E-state index contributed by atoms with van der Waals surface area (Å²) >= 11 is 0. The second-order valence-corrected chi connectivity index (χ2v) is 7.67. The van der Waals surface area contributed by atoms with Gasteiger partial charge in [-0.1, -0.05) is 97.1 Å². The minimum Gasteiger partial charge on any atom is -0.483 e. The molecular weight excluding hydrogens is 424 g/mol. The van der Waals surface area contributed by atoms with E-state index in [1.807, 2.05) is 103 Å². The van der Waals surface area contributed by atoms with Crippen molar-refractivity contribution in [2.75, 3.05) is 11.9 Å². The van der Waals surface area contributed by atoms with E-state index in [0.29, 0.717) is 17.1 Å². The molecule has 0 bridgehead atoms. The van der Waals surface area contributed by atoms with Crippen molar-refractivity contribution >= 4 is 22.6 Å². The number of benzene rings is 4. The highest BCUT2D eigenvalue weighted by atomic mass is 16.5. The number of hydrogen-bond donors (Lipinski definition) is 1. The maximum atomic E-state index is 12.8. The normalized spacial score (nSPS) is 10.6. The number of hydrogen-bond acceptors (Lipinski definition) is 4. The number of anilines is 1. The number of amides is 1. The molecule has 0 atom stereocenters. The lowest BCUT2D eigenvalue weighted by Gasteiger charge is -2.09. The van der Waals surface area contributed by atoms with Crippen LogP contribution in [0, 0.1) is 11.3 Å². The fourth-order valence-electron chi connectivity index (χ4n) is 3.93. The second-order valence-electron chi connectivity index (χ2n) is 7.67. The molecule has 5 aromatic rings. The quantitative estimate of drug-likeness (QED) is 0.318. The predicted octanol–water partition coefficient (Wildman–Crippen LogP) is 6.66. The van der Waals surface area contributed by atoms with Crippen LogP contribution in [0.15, 0.2) is 108 Å². The lowest BCUT2D eigenvalue weighted by molar-refractivity contribution is -0.118. The summed E-state index contributed by atoms with van der Waals surface area (Å²) in [6.07, 6.45) is 0. The Morgan fingerprint density at radius 1 is 0.824 bits per heavy atom. The van der Waals surface area contributed by atoms with Crippen LogP contribution in [0.5, 0.6) is 5.75 Å². The van der Waals surface area contributed by atoms with Gasteiger partial charge in [-0.2, -0.15) is 5.26 Å². The number of nitrogens with one attached hydrogen (secondary N) is 1. The number of nitriles is 1. The van der Waals surface area contributed by atoms with Gasteiger partial charge in [0.15, 0.2) is 6.61 Å². The average molecular weight is 444 g/mol. The zero-order valence-electron chi connectivity index (χ0n) is 18.2. The third-order valence-corrected chi connectivity index (χ3v) is 5.48. The molecule has 164 valence electrons. The molecule has 5 nitrogen and oxygen atoms in total. The van der Waals surface area contributed by atoms with Crippen molar-refractivity contribution < 1.29 is 13.9 Å². The van der Waals surface area contributed by atoms with Crippen LogP contribution in [-0.2, 0) is 4.79 Å². The van der Waals surface area contributed by atoms with Crippen LogP contribution in [0.3, 0.4) is 0 Å². The molecule has 0 fully saturated rings. The van der Waals surface area contributed by atoms with Crippen molar-refractivity contribution in [3.05, 3.63) is 109 Å². The highest BCUT2D eigenvalue weighted by Gasteiger charge is 2.24. The molecule has 0 unspecified atom stereocenters. The summed E-state index contributed by atoms with van der Waals surface area (Å²) in [6, 6.07) is 34.7. The molecule has 0 aliphatic heterocycles. The van der Waals surface area contributed by atoms with Crippen molar-refractivity contribution in [1.82, 2.24) is 0 Å². The molecule has 5 heteroatoms. The number of ether oxygens (including phenoxy) is 1. The second kappa shape index (κ2) is 9.35. The van der Waals surface area contributed by atoms with E-state index < -0.39 is 5.91 Å². The van der Waals surface area contributed by atoms with E-state index >= 15 is 0 Å². The van der Waals surface area contributed by atoms with E-state index in [0.717, 1.165) is 21.9 Å². The van der Waals surface area contributed by atoms with Crippen LogP contribution in [0.1, 0.15) is 5.56 Å². The highest BCUT2D eigenvalue weighted by Crippen LogP contribution is 2.41. The molecule has 34 heavy (non-hydrogen) atoms. The Morgan fingerprint density at radius 2 is 1.47 bits per heavy atom. The molecule has 4 aromatic carbocycles. The number of fused-ring (bicyclic) bond motifs is 1. The van der Waals surface area contributed by atoms with Gasteiger partial charge in [0.05, 0.1) is 0 Å². The van der Waals surface area contributed by atoms with Gasteiger partial charge in [0, 0.05) is 16.5 Å². The highest BCUT2D eigenvalue weighted by molar-refractivity contribution is 5.96. The summed E-state index contributed by atoms with van der Waals surface area (Å²) in [6.45, 7) is -0.221. The SMILES string of the molecule is N#Cc1c(NC(=O)COc2cccc3ccccc23)oc(-c2ccccc2)c1-c1ccccc1. The molecule has 0 aliphatic carbocycles. The third kappa shape index (κ3) is 4.13. The minimum absolute atomic E-state index is 0.103. The minimum atomic E-state index is -0.419. The number of nitrogens with zero attached hydrogens (tertiary/aromatic N) is 1. The Hall–Kier alpha value is -4.82. The summed E-state index contributed by atoms with van der Waals surface area (Å²) in [5.74, 6) is 0.820. The lowest BCUT2D eigenvalue weighted by Crippen LogP contribution is -2.20. The first-order chi connectivity index (χ1) is 16.7. The Morgan fingerprint density at radius 3 is 2.21 bits per heavy atom. The Bertz CT molecular complexity index is 1490. The number of carbonyl (C=O) groups is 1. The van der Waals surface area contributed by atoms with Crippen LogP contribution in [-0.4, -0.2) is 12.5 Å². The molecule has 0 radical (unpaired) electrons. The summed E-state index contributed by atoms with van der Waals surface area (Å²) in [7, 11) is 0. The maximum Gasteiger partial charge on any atom is 0.264 e. The molecule has 5 rings (SSSR count). The van der Waals surface area contributed by atoms with E-state index in [4.69, 9.17) is 9.15 Å². The van der Waals surface area contributed by atoms with Gasteiger partial charge in [0.2, 0.25) is 5.88 Å². The lowest BCUT2D eigenvalue weighted by atomic mass is 9.98. The van der Waals surface area contributed by atoms with Crippen LogP contribution < -0.4 is 10.1 Å². The molecule has 0 aliphatic rings. The fourth-order valence-corrected chi connectivity index (χ4v) is 3.93. The first kappa shape index (κ1) is 21.0. The molecule has 0 saturated carbocycles. The topological polar surface area (TPSA) is 75.3 Å². The summed E-state index contributed by atoms with van der Waals surface area (Å²) in [5, 5.41) is 14.6. The summed E-state index contributed by atoms with van der Waals surface area (Å²) in [4.78, 5) is 12.8. The van der Waals surface area contributed by atoms with Gasteiger partial charge in [0.1, 0.15) is 23.1 Å². The van der Waals surface area contributed by atoms with E-state index in [9.17, 15) is 10.1 Å². The largest absolute Gasteiger partial charge is 0.483 e. The van der Waals surface area contributed by atoms with E-state index in [-0.39, 0.29) is 18.1 Å². The van der Waals surface area contributed by atoms with E-state index in [1.54, 1.807) is 0 Å². The van der Waals surface area contributed by atoms with Crippen LogP contribution >= 0.6 is 0 Å². The molecule has 0 spiro atoms. The first-order valence-corrected chi connectivity index (χ1v) is 10.8. The molecular formula is C29H20N2O3. The van der Waals surface area contributed by atoms with Crippen molar-refractivity contribution in [2.24, 2.45) is 0 Å². The van der Waals surface area contributed by atoms with Gasteiger partial charge in [-0.25, -0.2) is 0 Å². The van der Waals surface area contributed by atoms with Crippen LogP contribution in [0.4, 0.5) is 5.88 Å². The van der Waals surface area contributed by atoms with Gasteiger partial charge in [0.25, 0.3) is 5.91 Å². The smallest absolute Gasteiger partial charge is 0.264 e. The van der Waals surface area contributed by atoms with Crippen molar-refractivity contribution in [2.45, 2.75) is 0 Å². The van der Waals surface area contributed by atoms with Crippen LogP contribution in [0.2, 0.25) is 0 Å². The van der Waals surface area contributed by atoms with E-state index in [1.165, 1.54) is 0 Å². The summed E-state index contributed by atoms with van der Waals surface area (Å²) in [5.41, 5.74) is 2.54. The fraction of sp³-hybridized carbons (Fsp3) is 0.0345. The van der Waals surface area contributed by atoms with Gasteiger partial charge >= 0.3 is 0 Å². The van der Waals surface area contributed by atoms with Gasteiger partial charge < -0.3 is 9.15 Å². The number of rotatable bonds is 6. The standard InChI is InChI=1S/C29H20N2O3/c30-18-24-27(21-11-3-1-4-12-21)28(22-13-5-2-6-14-22)34-29(24)31-26(32)19-33-25-17-9-15-20-10-7-8-16-23(20)25/h1-17H,19H2,(H,31,32). The zero-order chi connectivity index (χ0) is 23.3. The molecule has 1 aromatic heterocycles. The zero-order valence-corrected chi connectivity index (χ0v) is 18.2. The molecule has 1 amide bonds. The summed E-state index contributed by atoms with van der Waals surface area (Å²) < 4.78 is 11.9. The maximum absolute atomic E-state index is 12.8. The van der Waals surface area contributed by atoms with Crippen molar-refractivity contribution in [3.8, 4) is 34.3 Å². The van der Waals surface area contributed by atoms with Gasteiger partial charge in [-0.3, -0.25) is 10.1 Å². The number of carbonyl (C=O) groups excluding carboxylic acids is 1. The third-order valence-electron chi connectivity index (χ3n) is 5.48. The average Bonchev–Trinajstić information content (AvgIpc) is 3.26. The van der Waals surface area contributed by atoms with E-state index in [2.05, 4.69) is 11.4 Å². The Balaban J connectivity index is 1.45. The Labute approximate surface area is 196 Å². The van der Waals surface area contributed by atoms with Crippen molar-refractivity contribution in [1.29, 1.82) is 5.26 Å².